The van der Waals surface area contributed by atoms with E-state index in [0.29, 0.717) is 10.2 Å². The van der Waals surface area contributed by atoms with Crippen molar-refractivity contribution in [3.8, 4) is 5.69 Å². The zero-order valence-electron chi connectivity index (χ0n) is 17.7. The first kappa shape index (κ1) is 23.7. The highest BCUT2D eigenvalue weighted by Gasteiger charge is 2.21. The summed E-state index contributed by atoms with van der Waals surface area (Å²) in [5.41, 5.74) is 6.09. The van der Waals surface area contributed by atoms with E-state index in [2.05, 4.69) is 26.5 Å². The van der Waals surface area contributed by atoms with Gasteiger partial charge in [0, 0.05) is 27.1 Å². The highest BCUT2D eigenvalue weighted by atomic mass is 79.9. The average Bonchev–Trinajstić information content (AvgIpc) is 2.99. The molecule has 0 aliphatic rings. The summed E-state index contributed by atoms with van der Waals surface area (Å²) in [5, 5.41) is 3.98. The average molecular weight is 521 g/mol. The number of amides is 1. The Hall–Kier alpha value is -2.98. The molecule has 168 valence electrons. The van der Waals surface area contributed by atoms with Gasteiger partial charge in [0.15, 0.2) is 0 Å². The fraction of sp³-hybridized carbons (Fsp3) is 0.182. The van der Waals surface area contributed by atoms with Gasteiger partial charge in [-0.1, -0.05) is 22.0 Å². The van der Waals surface area contributed by atoms with E-state index >= 15 is 0 Å². The Kier molecular flexibility index (Phi) is 7.15. The molecule has 1 heterocycles. The lowest BCUT2D eigenvalue weighted by Gasteiger charge is -2.21. The molecule has 0 atom stereocenters. The second kappa shape index (κ2) is 9.66. The van der Waals surface area contributed by atoms with Crippen LogP contribution in [-0.4, -0.2) is 37.9 Å². The Morgan fingerprint density at radius 2 is 1.88 bits per heavy atom. The molecule has 0 fully saturated rings. The lowest BCUT2D eigenvalue weighted by Crippen LogP contribution is -2.39. The molecule has 1 N–H and O–H groups in total. The number of halogens is 2. The van der Waals surface area contributed by atoms with E-state index in [1.807, 2.05) is 24.5 Å². The molecular formula is C22H22BrFN4O3S. The third kappa shape index (κ3) is 5.63. The van der Waals surface area contributed by atoms with Crippen molar-refractivity contribution in [1.82, 2.24) is 9.99 Å². The van der Waals surface area contributed by atoms with Crippen molar-refractivity contribution in [2.24, 2.45) is 5.10 Å². The van der Waals surface area contributed by atoms with E-state index in [1.165, 1.54) is 18.3 Å². The molecule has 0 spiro atoms. The largest absolute Gasteiger partial charge is 0.318 e. The van der Waals surface area contributed by atoms with Crippen molar-refractivity contribution in [2.45, 2.75) is 13.8 Å². The Morgan fingerprint density at radius 1 is 1.19 bits per heavy atom. The second-order valence-corrected chi connectivity index (χ2v) is 10.0. The van der Waals surface area contributed by atoms with Gasteiger partial charge in [0.2, 0.25) is 10.0 Å². The minimum absolute atomic E-state index is 0.313. The lowest BCUT2D eigenvalue weighted by molar-refractivity contribution is -0.119. The van der Waals surface area contributed by atoms with Crippen LogP contribution in [0.25, 0.3) is 5.69 Å². The molecule has 0 saturated heterocycles. The number of carbonyl (C=O) groups is 1. The molecule has 0 saturated carbocycles. The molecule has 7 nitrogen and oxygen atoms in total. The lowest BCUT2D eigenvalue weighted by atomic mass is 10.2. The summed E-state index contributed by atoms with van der Waals surface area (Å²) in [5.74, 6) is -0.897. The van der Waals surface area contributed by atoms with Gasteiger partial charge in [0.25, 0.3) is 5.91 Å². The molecule has 10 heteroatoms. The van der Waals surface area contributed by atoms with Crippen LogP contribution in [0.2, 0.25) is 0 Å². The topological polar surface area (TPSA) is 83.8 Å². The van der Waals surface area contributed by atoms with Crippen LogP contribution in [0.15, 0.2) is 64.2 Å². The number of nitrogens with zero attached hydrogens (tertiary/aromatic N) is 3. The molecule has 1 amide bonds. The van der Waals surface area contributed by atoms with Crippen LogP contribution < -0.4 is 9.73 Å². The van der Waals surface area contributed by atoms with Crippen LogP contribution in [-0.2, 0) is 14.8 Å². The van der Waals surface area contributed by atoms with Crippen LogP contribution in [0.5, 0.6) is 0 Å². The first-order valence-corrected chi connectivity index (χ1v) is 12.2. The van der Waals surface area contributed by atoms with Crippen molar-refractivity contribution in [2.75, 3.05) is 17.1 Å². The molecule has 1 aromatic heterocycles. The number of nitrogens with one attached hydrogen (secondary N) is 1. The predicted octanol–water partition coefficient (Wildman–Crippen LogP) is 3.91. The number of sulfonamides is 1. The van der Waals surface area contributed by atoms with E-state index < -0.39 is 22.5 Å². The summed E-state index contributed by atoms with van der Waals surface area (Å²) in [6.45, 7) is 3.38. The maximum absolute atomic E-state index is 13.2. The van der Waals surface area contributed by atoms with E-state index in [9.17, 15) is 17.6 Å². The predicted molar refractivity (Wildman–Crippen MR) is 127 cm³/mol. The van der Waals surface area contributed by atoms with Crippen LogP contribution >= 0.6 is 15.9 Å². The molecule has 0 unspecified atom stereocenters. The second-order valence-electron chi connectivity index (χ2n) is 7.18. The number of anilines is 1. The number of rotatable bonds is 7. The quantitative estimate of drug-likeness (QED) is 0.378. The molecule has 3 aromatic rings. The van der Waals surface area contributed by atoms with Crippen LogP contribution in [0, 0.1) is 19.7 Å². The number of hydrogen-bond acceptors (Lipinski definition) is 4. The first-order chi connectivity index (χ1) is 15.1. The van der Waals surface area contributed by atoms with E-state index in [1.54, 1.807) is 36.4 Å². The molecule has 2 aromatic carbocycles. The molecular weight excluding hydrogens is 499 g/mol. The molecule has 0 radical (unpaired) electrons. The normalized spacial score (nSPS) is 11.7. The van der Waals surface area contributed by atoms with Crippen molar-refractivity contribution >= 4 is 43.8 Å². The fourth-order valence-electron chi connectivity index (χ4n) is 3.28. The minimum atomic E-state index is -3.68. The van der Waals surface area contributed by atoms with Crippen LogP contribution in [0.4, 0.5) is 10.1 Å². The summed E-state index contributed by atoms with van der Waals surface area (Å²) in [6.07, 6.45) is 2.53. The van der Waals surface area contributed by atoms with Crippen LogP contribution in [0.3, 0.4) is 0 Å². The Bertz CT molecular complexity index is 1270. The third-order valence-corrected chi connectivity index (χ3v) is 6.37. The maximum atomic E-state index is 13.2. The van der Waals surface area contributed by atoms with Gasteiger partial charge >= 0.3 is 0 Å². The summed E-state index contributed by atoms with van der Waals surface area (Å²) >= 11 is 3.30. The van der Waals surface area contributed by atoms with Gasteiger partial charge in [0.05, 0.1) is 18.2 Å². The number of aromatic nitrogens is 1. The summed E-state index contributed by atoms with van der Waals surface area (Å²) < 4.78 is 41.2. The smallest absolute Gasteiger partial charge is 0.260 e. The zero-order chi connectivity index (χ0) is 23.5. The van der Waals surface area contributed by atoms with E-state index in [0.717, 1.165) is 33.2 Å². The van der Waals surface area contributed by atoms with Gasteiger partial charge in [-0.15, -0.1) is 0 Å². The van der Waals surface area contributed by atoms with Gasteiger partial charge in [-0.05, 0) is 62.4 Å². The Labute approximate surface area is 194 Å². The van der Waals surface area contributed by atoms with Crippen molar-refractivity contribution < 1.29 is 17.6 Å². The minimum Gasteiger partial charge on any atom is -0.318 e. The zero-order valence-corrected chi connectivity index (χ0v) is 20.1. The fourth-order valence-corrected chi connectivity index (χ4v) is 4.51. The summed E-state index contributed by atoms with van der Waals surface area (Å²) in [6, 6.07) is 14.7. The van der Waals surface area contributed by atoms with Crippen molar-refractivity contribution in [1.29, 1.82) is 0 Å². The number of hydrazone groups is 1. The number of benzene rings is 2. The monoisotopic (exact) mass is 520 g/mol. The van der Waals surface area contributed by atoms with Crippen molar-refractivity contribution in [3.05, 3.63) is 81.8 Å². The number of hydrogen-bond donors (Lipinski definition) is 1. The molecule has 32 heavy (non-hydrogen) atoms. The molecule has 0 aliphatic carbocycles. The van der Waals surface area contributed by atoms with Crippen molar-refractivity contribution in [3.63, 3.8) is 0 Å². The Morgan fingerprint density at radius 3 is 2.50 bits per heavy atom. The van der Waals surface area contributed by atoms with Gasteiger partial charge in [-0.25, -0.2) is 18.2 Å². The Balaban J connectivity index is 1.73. The number of aryl methyl sites for hydroxylation is 1. The third-order valence-electron chi connectivity index (χ3n) is 4.73. The van der Waals surface area contributed by atoms with Gasteiger partial charge in [-0.3, -0.25) is 9.10 Å². The summed E-state index contributed by atoms with van der Waals surface area (Å²) in [7, 11) is -3.68. The van der Waals surface area contributed by atoms with E-state index in [-0.39, 0.29) is 5.82 Å². The first-order valence-electron chi connectivity index (χ1n) is 9.56. The van der Waals surface area contributed by atoms with Gasteiger partial charge in [0.1, 0.15) is 12.4 Å². The standard InChI is InChI=1S/C22H22BrFN4O3S/c1-15-11-17(16(2)28(15)20-9-7-19(24)8-10-20)13-25-26-22(29)14-27(32(3,30)31)21-6-4-5-18(23)12-21/h4-13H,14H2,1-3H3,(H,26,29)/b25-13+. The summed E-state index contributed by atoms with van der Waals surface area (Å²) in [4.78, 5) is 12.4. The van der Waals surface area contributed by atoms with Gasteiger partial charge < -0.3 is 4.57 Å². The van der Waals surface area contributed by atoms with Gasteiger partial charge in [-0.2, -0.15) is 5.10 Å². The molecule has 0 bridgehead atoms. The molecule has 0 aliphatic heterocycles. The van der Waals surface area contributed by atoms with E-state index in [4.69, 9.17) is 0 Å². The SMILES string of the molecule is Cc1cc(/C=N/NC(=O)CN(c2cccc(Br)c2)S(C)(=O)=O)c(C)n1-c1ccc(F)cc1. The highest BCUT2D eigenvalue weighted by Crippen LogP contribution is 2.22. The highest BCUT2D eigenvalue weighted by molar-refractivity contribution is 9.10. The van der Waals surface area contributed by atoms with Crippen LogP contribution in [0.1, 0.15) is 17.0 Å². The number of carbonyl (C=O) groups excluding carboxylic acids is 1. The molecule has 3 rings (SSSR count). The maximum Gasteiger partial charge on any atom is 0.260 e.